The van der Waals surface area contributed by atoms with Gasteiger partial charge in [0, 0.05) is 87.7 Å². The quantitative estimate of drug-likeness (QED) is 0.0692. The molecule has 25 heteroatoms. The van der Waals surface area contributed by atoms with Gasteiger partial charge in [-0.3, -0.25) is 25.5 Å². The van der Waals surface area contributed by atoms with Crippen LogP contribution >= 0.6 is 0 Å². The maximum absolute atomic E-state index is 14.5. The van der Waals surface area contributed by atoms with Gasteiger partial charge in [-0.05, 0) is 335 Å². The third-order valence-corrected chi connectivity index (χ3v) is 26.1. The van der Waals surface area contributed by atoms with Crippen LogP contribution in [0.5, 0.6) is 34.5 Å². The minimum absolute atomic E-state index is 0.0731. The molecule has 10 heterocycles. The van der Waals surface area contributed by atoms with E-state index in [-0.39, 0.29) is 23.0 Å². The van der Waals surface area contributed by atoms with Crippen LogP contribution in [0, 0.1) is 11.7 Å². The highest BCUT2D eigenvalue weighted by atomic mass is 19.4. The highest BCUT2D eigenvalue weighted by Gasteiger charge is 2.36. The van der Waals surface area contributed by atoms with Gasteiger partial charge in [0.1, 0.15) is 28.8 Å². The first-order chi connectivity index (χ1) is 61.9. The molecule has 0 aliphatic heterocycles. The Morgan fingerprint density at radius 2 is 0.654 bits per heavy atom. The number of nitrogens with one attached hydrogen (secondary N) is 5. The number of phenolic OH excluding ortho intramolecular Hbond substituents is 5. The highest BCUT2D eigenvalue weighted by Crippen LogP contribution is 2.48. The molecule has 1 unspecified atom stereocenters. The molecule has 10 N–H and O–H groups in total. The lowest BCUT2D eigenvalue weighted by molar-refractivity contribution is -0.138. The summed E-state index contributed by atoms with van der Waals surface area (Å²) in [7, 11) is 1.57. The number of H-pyrrole nitrogens is 5. The maximum Gasteiger partial charge on any atom is 0.419 e. The molecule has 0 radical (unpaired) electrons. The number of methoxy groups -OCH3 is 1. The zero-order valence-electron chi connectivity index (χ0n) is 69.4. The van der Waals surface area contributed by atoms with Crippen molar-refractivity contribution in [3.05, 3.63) is 262 Å². The molecule has 632 valence electrons. The lowest BCUT2D eigenvalue weighted by atomic mass is 9.81. The third-order valence-electron chi connectivity index (χ3n) is 26.1. The second-order valence-corrected chi connectivity index (χ2v) is 33.7. The van der Waals surface area contributed by atoms with Crippen LogP contribution < -0.4 is 4.74 Å². The van der Waals surface area contributed by atoms with Crippen molar-refractivity contribution < 1.29 is 47.8 Å². The van der Waals surface area contributed by atoms with Gasteiger partial charge in [0.05, 0.1) is 127 Å². The number of halogens is 4. The van der Waals surface area contributed by atoms with Gasteiger partial charge < -0.3 is 30.3 Å². The lowest BCUT2D eigenvalue weighted by Gasteiger charge is -2.25. The summed E-state index contributed by atoms with van der Waals surface area (Å²) in [5, 5.41) is 95.7. The minimum Gasteiger partial charge on any atom is -0.508 e. The first-order valence-electron chi connectivity index (χ1n) is 43.2. The number of rotatable bonds is 6. The van der Waals surface area contributed by atoms with Crippen LogP contribution in [0.25, 0.3) is 165 Å². The Morgan fingerprint density at radius 1 is 0.331 bits per heavy atom. The zero-order chi connectivity index (χ0) is 86.5. The van der Waals surface area contributed by atoms with Crippen LogP contribution in [-0.2, 0) is 70.4 Å². The summed E-state index contributed by atoms with van der Waals surface area (Å²) in [5.41, 5.74) is 29.7. The average Bonchev–Trinajstić information content (AvgIpc) is 1.75. The number of alkyl halides is 3. The predicted molar refractivity (Wildman–Crippen MR) is 487 cm³/mol. The van der Waals surface area contributed by atoms with Gasteiger partial charge in [0.15, 0.2) is 11.5 Å². The number of pyridine rings is 5. The van der Waals surface area contributed by atoms with E-state index in [4.69, 9.17) is 29.7 Å². The normalized spacial score (nSPS) is 14.7. The SMILES string of the molecule is CC1CCc2c(c(-c3ccc(O)cc3)nc3ccc4[nH]ncc4c23)C1.COc1cc(-c2nc3ccc4[nH]ncc4c3c3c2CCCC3)ccc1O.Oc1ccc(-c2nc3ccc4[nH]ncc4c3c3c2CCC3)cc1.Oc1ccc(-c2nc3ccc4[nH]ncc4c3c3c2CCCC3)c(F)c1.Oc1ccc(-c2nc3ccc4[nH]ncc4c3c3c2CCCC3)cc1C(F)(F)F. The van der Waals surface area contributed by atoms with Crippen molar-refractivity contribution in [2.24, 2.45) is 5.92 Å². The first-order valence-corrected chi connectivity index (χ1v) is 43.2. The van der Waals surface area contributed by atoms with Crippen molar-refractivity contribution in [3.63, 3.8) is 0 Å². The van der Waals surface area contributed by atoms with Crippen LogP contribution in [0.2, 0.25) is 0 Å². The number of benzene rings is 10. The Kier molecular flexibility index (Phi) is 20.2. The van der Waals surface area contributed by atoms with E-state index in [1.54, 1.807) is 49.7 Å². The standard InChI is InChI=1S/C21H16F3N3O.C21H19N3O2.C21H19N3O.C20H16FN3O.C19H15N3O/c22-21(23,24)15-9-11(5-8-18(15)28)20-13-4-2-1-3-12(13)19-14-10-25-27-16(14)6-7-17(19)26-20;1-26-19-10-12(6-9-18(19)25)21-14-5-3-2-4-13(14)20-15-11-22-24-16(15)7-8-17(20)23-21;1-12-2-7-15-16(10-12)21(13-3-5-14(25)6-4-13)23-19-9-8-18-17(20(15)19)11-22-24-18;21-16-9-11(25)5-6-14(16)20-13-4-2-1-3-12(13)19-15-10-22-24-17(15)7-8-18(19)23-20;23-12-6-4-11(5-7-12)19-14-3-1-2-13(14)18-15-10-20-22-16(15)8-9-17(18)21-19/h5-10,28H,1-4H2,(H,25,27);6-11,25H,2-5H2,1H3,(H,22,24);3-6,8-9,11-12,25H,2,7,10H2,1H3,(H,22,24);5-10,25H,1-4H2,(H,22,24);4-10,23H,1-3H2,(H,20,22). The zero-order valence-corrected chi connectivity index (χ0v) is 69.4. The summed E-state index contributed by atoms with van der Waals surface area (Å²) in [6, 6.07) is 48.1. The molecule has 5 aliphatic carbocycles. The molecule has 0 spiro atoms. The molecule has 1 atom stereocenters. The Hall–Kier alpha value is -14.9. The maximum atomic E-state index is 14.5. The molecular formula is C102H85F4N15O6. The van der Waals surface area contributed by atoms with E-state index in [2.05, 4.69) is 82.2 Å². The van der Waals surface area contributed by atoms with Gasteiger partial charge in [-0.1, -0.05) is 6.92 Å². The number of aromatic amines is 5. The topological polar surface area (TPSA) is 318 Å². The monoisotopic (exact) mass is 1690 g/mol. The van der Waals surface area contributed by atoms with Crippen molar-refractivity contribution >= 4 is 109 Å². The Bertz CT molecular complexity index is 7770. The summed E-state index contributed by atoms with van der Waals surface area (Å²) in [6.45, 7) is 2.31. The van der Waals surface area contributed by atoms with Crippen molar-refractivity contribution in [3.8, 4) is 90.8 Å². The fraction of sp³-hybridized carbons (Fsp3) is 0.216. The van der Waals surface area contributed by atoms with Crippen molar-refractivity contribution in [2.45, 2.75) is 129 Å². The van der Waals surface area contributed by atoms with E-state index in [0.29, 0.717) is 34.2 Å². The lowest BCUT2D eigenvalue weighted by Crippen LogP contribution is -2.14. The minimum atomic E-state index is -4.63. The van der Waals surface area contributed by atoms with Crippen molar-refractivity contribution in [2.75, 3.05) is 7.11 Å². The van der Waals surface area contributed by atoms with Gasteiger partial charge in [-0.25, -0.2) is 29.3 Å². The third kappa shape index (κ3) is 14.4. The summed E-state index contributed by atoms with van der Waals surface area (Å²) in [5.74, 6) is 0.556. The van der Waals surface area contributed by atoms with Gasteiger partial charge >= 0.3 is 6.18 Å². The fourth-order valence-electron chi connectivity index (χ4n) is 20.1. The van der Waals surface area contributed by atoms with Crippen LogP contribution in [0.4, 0.5) is 17.6 Å². The van der Waals surface area contributed by atoms with Gasteiger partial charge in [0.25, 0.3) is 0 Å². The number of hydrogen-bond donors (Lipinski definition) is 10. The number of ether oxygens (including phenoxy) is 1. The average molecular weight is 1690 g/mol. The number of phenols is 5. The molecule has 10 aromatic carbocycles. The molecule has 127 heavy (non-hydrogen) atoms. The number of fused-ring (bicyclic) bond motifs is 25. The summed E-state index contributed by atoms with van der Waals surface area (Å²) < 4.78 is 59.6. The molecule has 0 saturated heterocycles. The molecule has 20 aromatic rings. The summed E-state index contributed by atoms with van der Waals surface area (Å²) in [4.78, 5) is 24.6. The highest BCUT2D eigenvalue weighted by molar-refractivity contribution is 6.12. The number of aromatic hydroxyl groups is 5. The van der Waals surface area contributed by atoms with E-state index < -0.39 is 23.3 Å². The summed E-state index contributed by atoms with van der Waals surface area (Å²) in [6.07, 6.45) is 23.5. The molecule has 0 bridgehead atoms. The molecule has 5 aliphatic rings. The largest absolute Gasteiger partial charge is 0.508 e. The Labute approximate surface area is 723 Å². The number of aryl methyl sites for hydroxylation is 5. The Balaban J connectivity index is 0.0000000968. The molecular weight excluding hydrogens is 1610 g/mol. The predicted octanol–water partition coefficient (Wildman–Crippen LogP) is 22.8. The van der Waals surface area contributed by atoms with Crippen LogP contribution in [-0.4, -0.2) is 109 Å². The fourth-order valence-corrected chi connectivity index (χ4v) is 20.1. The molecule has 0 fully saturated rings. The molecule has 10 aromatic heterocycles. The van der Waals surface area contributed by atoms with Crippen molar-refractivity contribution in [1.29, 1.82) is 0 Å². The van der Waals surface area contributed by atoms with E-state index in [1.807, 2.05) is 97.6 Å². The van der Waals surface area contributed by atoms with E-state index in [9.17, 15) is 43.1 Å². The first kappa shape index (κ1) is 79.3. The van der Waals surface area contributed by atoms with E-state index in [0.717, 1.165) is 258 Å². The van der Waals surface area contributed by atoms with E-state index in [1.165, 1.54) is 86.5 Å². The number of aromatic nitrogens is 15. The molecule has 0 saturated carbocycles. The number of nitrogens with zero attached hydrogens (tertiary/aromatic N) is 10. The smallest absolute Gasteiger partial charge is 0.419 e. The summed E-state index contributed by atoms with van der Waals surface area (Å²) >= 11 is 0. The molecule has 21 nitrogen and oxygen atoms in total. The van der Waals surface area contributed by atoms with Crippen LogP contribution in [0.15, 0.2) is 195 Å². The van der Waals surface area contributed by atoms with Crippen LogP contribution in [0.1, 0.15) is 119 Å². The van der Waals surface area contributed by atoms with Gasteiger partial charge in [0.2, 0.25) is 0 Å². The van der Waals surface area contributed by atoms with E-state index >= 15 is 0 Å². The van der Waals surface area contributed by atoms with Crippen molar-refractivity contribution in [1.82, 2.24) is 75.9 Å². The Morgan fingerprint density at radius 3 is 1.05 bits per heavy atom. The van der Waals surface area contributed by atoms with Crippen LogP contribution in [0.3, 0.4) is 0 Å². The molecule has 0 amide bonds. The number of hydrogen-bond acceptors (Lipinski definition) is 16. The van der Waals surface area contributed by atoms with Gasteiger partial charge in [-0.15, -0.1) is 0 Å². The molecule has 25 rings (SSSR count). The second-order valence-electron chi connectivity index (χ2n) is 33.7. The van der Waals surface area contributed by atoms with Gasteiger partial charge in [-0.2, -0.15) is 38.7 Å². The second kappa shape index (κ2) is 32.3.